The van der Waals surface area contributed by atoms with Gasteiger partial charge in [-0.25, -0.2) is 4.39 Å². The molecule has 152 valence electrons. The third-order valence-electron chi connectivity index (χ3n) is 5.22. The first kappa shape index (κ1) is 21.0. The second-order valence-corrected chi connectivity index (χ2v) is 9.33. The lowest BCUT2D eigenvalue weighted by Crippen LogP contribution is -2.33. The number of likely N-dealkylation sites (tertiary alicyclic amines) is 1. The predicted octanol–water partition coefficient (Wildman–Crippen LogP) is 4.66. The van der Waals surface area contributed by atoms with Gasteiger partial charge in [0, 0.05) is 11.1 Å². The summed E-state index contributed by atoms with van der Waals surface area (Å²) in [6.45, 7) is 9.99. The molecule has 1 fully saturated rings. The Balaban J connectivity index is 1.92. The minimum Gasteiger partial charge on any atom is -0.298 e. The Kier molecular flexibility index (Phi) is 6.55. The number of halogens is 1. The predicted molar refractivity (Wildman–Crippen MR) is 110 cm³/mol. The zero-order valence-corrected chi connectivity index (χ0v) is 17.9. The number of carbonyl (C=O) groups excluding carboxylic acids is 1. The molecule has 0 aliphatic carbocycles. The largest absolute Gasteiger partial charge is 0.298 e. The van der Waals surface area contributed by atoms with E-state index in [1.54, 1.807) is 12.1 Å². The number of piperidine rings is 1. The van der Waals surface area contributed by atoms with Gasteiger partial charge in [-0.05, 0) is 57.1 Å². The number of hydrogen-bond acceptors (Lipinski definition) is 5. The third kappa shape index (κ3) is 4.81. The topological polar surface area (TPSA) is 51.0 Å². The summed E-state index contributed by atoms with van der Waals surface area (Å²) in [5.41, 5.74) is 0.424. The molecular formula is C21H29FN4OS. The summed E-state index contributed by atoms with van der Waals surface area (Å²) >= 11 is 1.39. The fraction of sp³-hybridized carbons (Fsp3) is 0.571. The van der Waals surface area contributed by atoms with Crippen LogP contribution in [0, 0.1) is 11.2 Å². The van der Waals surface area contributed by atoms with Gasteiger partial charge in [-0.3, -0.25) is 14.3 Å². The van der Waals surface area contributed by atoms with Crippen molar-refractivity contribution in [3.8, 4) is 5.69 Å². The van der Waals surface area contributed by atoms with Crippen LogP contribution in [0.5, 0.6) is 0 Å². The molecule has 0 amide bonds. The van der Waals surface area contributed by atoms with Crippen LogP contribution < -0.4 is 0 Å². The van der Waals surface area contributed by atoms with Crippen molar-refractivity contribution < 1.29 is 9.18 Å². The van der Waals surface area contributed by atoms with Gasteiger partial charge < -0.3 is 0 Å². The summed E-state index contributed by atoms with van der Waals surface area (Å²) < 4.78 is 15.4. The zero-order valence-electron chi connectivity index (χ0n) is 17.1. The number of Topliss-reactive ketones (excluding diaryl/α,β-unsaturated/α-hetero) is 1. The molecule has 0 unspecified atom stereocenters. The van der Waals surface area contributed by atoms with Crippen LogP contribution in [0.1, 0.15) is 58.8 Å². The summed E-state index contributed by atoms with van der Waals surface area (Å²) in [5.74, 6) is 1.05. The lowest BCUT2D eigenvalue weighted by molar-refractivity contribution is -0.123. The Labute approximate surface area is 170 Å². The molecule has 1 atom stereocenters. The molecule has 1 saturated heterocycles. The van der Waals surface area contributed by atoms with Crippen molar-refractivity contribution in [1.29, 1.82) is 0 Å². The summed E-state index contributed by atoms with van der Waals surface area (Å²) in [5, 5.41) is 9.53. The number of carbonyl (C=O) groups is 1. The number of hydrogen-bond donors (Lipinski definition) is 0. The molecule has 7 heteroatoms. The Morgan fingerprint density at radius 2 is 1.79 bits per heavy atom. The minimum absolute atomic E-state index is 0.102. The second kappa shape index (κ2) is 8.74. The van der Waals surface area contributed by atoms with Gasteiger partial charge in [0.05, 0.1) is 11.8 Å². The van der Waals surface area contributed by atoms with E-state index in [-0.39, 0.29) is 17.6 Å². The molecule has 2 heterocycles. The van der Waals surface area contributed by atoms with Crippen LogP contribution in [0.15, 0.2) is 29.4 Å². The minimum atomic E-state index is -0.391. The first-order valence-corrected chi connectivity index (χ1v) is 10.9. The maximum atomic E-state index is 13.5. The number of ketones is 1. The lowest BCUT2D eigenvalue weighted by atomic mass is 9.92. The molecule has 1 aliphatic rings. The molecule has 0 bridgehead atoms. The number of aromatic nitrogens is 3. The van der Waals surface area contributed by atoms with Crippen molar-refractivity contribution in [2.75, 3.05) is 18.8 Å². The molecular weight excluding hydrogens is 375 g/mol. The Hall–Kier alpha value is -1.73. The van der Waals surface area contributed by atoms with E-state index in [1.807, 2.05) is 25.3 Å². The highest BCUT2D eigenvalue weighted by Crippen LogP contribution is 2.30. The number of thioether (sulfide) groups is 1. The number of rotatable bonds is 6. The van der Waals surface area contributed by atoms with Gasteiger partial charge in [0.2, 0.25) is 0 Å². The average molecular weight is 405 g/mol. The molecule has 1 aromatic carbocycles. The van der Waals surface area contributed by atoms with E-state index >= 15 is 0 Å². The molecule has 0 spiro atoms. The molecule has 3 rings (SSSR count). The van der Waals surface area contributed by atoms with Gasteiger partial charge >= 0.3 is 0 Å². The third-order valence-corrected chi connectivity index (χ3v) is 6.15. The monoisotopic (exact) mass is 404 g/mol. The van der Waals surface area contributed by atoms with Gasteiger partial charge in [-0.2, -0.15) is 0 Å². The highest BCUT2D eigenvalue weighted by Gasteiger charge is 2.27. The Bertz CT molecular complexity index is 807. The van der Waals surface area contributed by atoms with Crippen LogP contribution >= 0.6 is 11.8 Å². The molecule has 28 heavy (non-hydrogen) atoms. The maximum Gasteiger partial charge on any atom is 0.196 e. The Morgan fingerprint density at radius 1 is 1.14 bits per heavy atom. The molecule has 1 aliphatic heterocycles. The highest BCUT2D eigenvalue weighted by molar-refractivity contribution is 7.99. The van der Waals surface area contributed by atoms with Crippen LogP contribution in [-0.4, -0.2) is 44.3 Å². The molecule has 5 nitrogen and oxygen atoms in total. The summed E-state index contributed by atoms with van der Waals surface area (Å²) in [6, 6.07) is 6.46. The van der Waals surface area contributed by atoms with Crippen molar-refractivity contribution in [2.45, 2.75) is 58.2 Å². The van der Waals surface area contributed by atoms with Gasteiger partial charge in [-0.1, -0.05) is 39.0 Å². The summed E-state index contributed by atoms with van der Waals surface area (Å²) in [7, 11) is 0. The molecule has 0 N–H and O–H groups in total. The fourth-order valence-corrected chi connectivity index (χ4v) is 4.41. The van der Waals surface area contributed by atoms with Crippen molar-refractivity contribution in [3.63, 3.8) is 0 Å². The first-order valence-electron chi connectivity index (χ1n) is 9.89. The van der Waals surface area contributed by atoms with Crippen molar-refractivity contribution in [1.82, 2.24) is 19.7 Å². The van der Waals surface area contributed by atoms with Crippen molar-refractivity contribution in [2.24, 2.45) is 5.41 Å². The standard InChI is InChI=1S/C21H29FN4OS/c1-15(25-12-6-5-7-13-25)19-23-24-20(28-14-18(27)21(2,3)4)26(19)17-10-8-16(22)9-11-17/h8-11,15H,5-7,12-14H2,1-4H3/t15-/m0/s1. The van der Waals surface area contributed by atoms with Gasteiger partial charge in [0.1, 0.15) is 11.6 Å². The van der Waals surface area contributed by atoms with E-state index in [1.165, 1.54) is 43.2 Å². The van der Waals surface area contributed by atoms with Crippen molar-refractivity contribution >= 4 is 17.5 Å². The van der Waals surface area contributed by atoms with E-state index in [0.29, 0.717) is 10.9 Å². The smallest absolute Gasteiger partial charge is 0.196 e. The van der Waals surface area contributed by atoms with E-state index in [9.17, 15) is 9.18 Å². The van der Waals surface area contributed by atoms with E-state index in [4.69, 9.17) is 0 Å². The van der Waals surface area contributed by atoms with Gasteiger partial charge in [0.15, 0.2) is 11.0 Å². The fourth-order valence-electron chi connectivity index (χ4n) is 3.29. The van der Waals surface area contributed by atoms with Crippen LogP contribution in [0.25, 0.3) is 5.69 Å². The van der Waals surface area contributed by atoms with Gasteiger partial charge in [0.25, 0.3) is 0 Å². The molecule has 2 aromatic rings. The Morgan fingerprint density at radius 3 is 2.39 bits per heavy atom. The molecule has 1 aromatic heterocycles. The molecule has 0 radical (unpaired) electrons. The van der Waals surface area contributed by atoms with Crippen LogP contribution in [-0.2, 0) is 4.79 Å². The number of benzene rings is 1. The summed E-state index contributed by atoms with van der Waals surface area (Å²) in [4.78, 5) is 14.8. The van der Waals surface area contributed by atoms with Crippen LogP contribution in [0.4, 0.5) is 4.39 Å². The average Bonchev–Trinajstić information content (AvgIpc) is 3.10. The van der Waals surface area contributed by atoms with Crippen molar-refractivity contribution in [3.05, 3.63) is 35.9 Å². The lowest BCUT2D eigenvalue weighted by Gasteiger charge is -2.31. The highest BCUT2D eigenvalue weighted by atomic mass is 32.2. The summed E-state index contributed by atoms with van der Waals surface area (Å²) in [6.07, 6.45) is 3.65. The number of nitrogens with zero attached hydrogens (tertiary/aromatic N) is 4. The molecule has 0 saturated carbocycles. The van der Waals surface area contributed by atoms with E-state index < -0.39 is 5.41 Å². The maximum absolute atomic E-state index is 13.5. The quantitative estimate of drug-likeness (QED) is 0.656. The van der Waals surface area contributed by atoms with Crippen LogP contribution in [0.3, 0.4) is 0 Å². The van der Waals surface area contributed by atoms with Gasteiger partial charge in [-0.15, -0.1) is 10.2 Å². The normalized spacial score (nSPS) is 16.9. The zero-order chi connectivity index (χ0) is 20.3. The van der Waals surface area contributed by atoms with Crippen LogP contribution in [0.2, 0.25) is 0 Å². The van der Waals surface area contributed by atoms with E-state index in [2.05, 4.69) is 22.0 Å². The SMILES string of the molecule is C[C@@H](c1nnc(SCC(=O)C(C)(C)C)n1-c1ccc(F)cc1)N1CCCCC1. The second-order valence-electron chi connectivity index (χ2n) is 8.39. The first-order chi connectivity index (χ1) is 13.3. The van der Waals surface area contributed by atoms with E-state index in [0.717, 1.165) is 24.6 Å².